The highest BCUT2D eigenvalue weighted by Crippen LogP contribution is 2.11. The predicted molar refractivity (Wildman–Crippen MR) is 119 cm³/mol. The molecule has 4 N–H and O–H groups in total. The van der Waals surface area contributed by atoms with Gasteiger partial charge in [0.2, 0.25) is 11.8 Å². The summed E-state index contributed by atoms with van der Waals surface area (Å²) in [6.07, 6.45) is 3.45. The first-order valence-electron chi connectivity index (χ1n) is 8.86. The van der Waals surface area contributed by atoms with E-state index in [0.29, 0.717) is 17.7 Å². The molecule has 0 radical (unpaired) electrons. The molecule has 0 aliphatic rings. The zero-order valence-electron chi connectivity index (χ0n) is 16.0. The van der Waals surface area contributed by atoms with Crippen LogP contribution >= 0.6 is 23.6 Å². The number of hydrogen-bond donors (Lipinski definition) is 4. The van der Waals surface area contributed by atoms with Crippen LogP contribution in [0.1, 0.15) is 35.5 Å². The first kappa shape index (κ1) is 22.3. The zero-order valence-corrected chi connectivity index (χ0v) is 17.7. The molecule has 0 spiro atoms. The topological polar surface area (TPSA) is 99.3 Å². The van der Waals surface area contributed by atoms with E-state index in [4.69, 9.17) is 12.2 Å². The maximum atomic E-state index is 12.1. The van der Waals surface area contributed by atoms with Gasteiger partial charge in [0.25, 0.3) is 5.91 Å². The molecular formula is C20H22N4O3S2. The average molecular weight is 431 g/mol. The molecule has 2 aromatic rings. The fourth-order valence-electron chi connectivity index (χ4n) is 2.20. The van der Waals surface area contributed by atoms with E-state index in [1.807, 2.05) is 31.4 Å². The molecule has 9 heteroatoms. The first-order valence-corrected chi connectivity index (χ1v) is 10.1. The number of thiophene rings is 1. The van der Waals surface area contributed by atoms with Crippen LogP contribution in [0.25, 0.3) is 6.08 Å². The predicted octanol–water partition coefficient (Wildman–Crippen LogP) is 3.08. The van der Waals surface area contributed by atoms with Gasteiger partial charge in [-0.1, -0.05) is 19.9 Å². The molecule has 1 aromatic heterocycles. The summed E-state index contributed by atoms with van der Waals surface area (Å²) in [4.78, 5) is 36.6. The van der Waals surface area contributed by atoms with Crippen LogP contribution in [0.5, 0.6) is 0 Å². The van der Waals surface area contributed by atoms with Crippen LogP contribution in [0, 0.1) is 5.92 Å². The minimum Gasteiger partial charge on any atom is -0.326 e. The number of hydrogen-bond acceptors (Lipinski definition) is 5. The standard InChI is InChI=1S/C20H22N4O3S2/c1-13(2)12-18(26)21-15-7-5-14(6-8-15)19(27)23-24-20(28)22-17(25)10-9-16-4-3-11-29-16/h3-11,13H,12H2,1-2H3,(H,21,26)(H,23,27)(H2,22,24,25,28)/b10-9+. The number of carbonyl (C=O) groups excluding carboxylic acids is 3. The van der Waals surface area contributed by atoms with Crippen LogP contribution < -0.4 is 21.5 Å². The smallest absolute Gasteiger partial charge is 0.269 e. The minimum atomic E-state index is -0.434. The summed E-state index contributed by atoms with van der Waals surface area (Å²) < 4.78 is 0. The minimum absolute atomic E-state index is 0.0308. The van der Waals surface area contributed by atoms with Crippen molar-refractivity contribution in [1.82, 2.24) is 16.2 Å². The summed E-state index contributed by atoms with van der Waals surface area (Å²) in [7, 11) is 0. The van der Waals surface area contributed by atoms with Crippen molar-refractivity contribution in [1.29, 1.82) is 0 Å². The van der Waals surface area contributed by atoms with Crippen LogP contribution in [0.2, 0.25) is 0 Å². The lowest BCUT2D eigenvalue weighted by atomic mass is 10.1. The van der Waals surface area contributed by atoms with Crippen molar-refractivity contribution in [2.45, 2.75) is 20.3 Å². The van der Waals surface area contributed by atoms with E-state index >= 15 is 0 Å². The van der Waals surface area contributed by atoms with Crippen molar-refractivity contribution in [2.75, 3.05) is 5.32 Å². The van der Waals surface area contributed by atoms with Gasteiger partial charge in [0.15, 0.2) is 5.11 Å². The van der Waals surface area contributed by atoms with Crippen molar-refractivity contribution >= 4 is 58.2 Å². The Kier molecular flexibility index (Phi) is 8.50. The Morgan fingerprint density at radius 2 is 1.83 bits per heavy atom. The number of thiocarbonyl (C=S) groups is 1. The van der Waals surface area contributed by atoms with E-state index < -0.39 is 11.8 Å². The number of nitrogens with one attached hydrogen (secondary N) is 4. The van der Waals surface area contributed by atoms with Crippen molar-refractivity contribution in [3.8, 4) is 0 Å². The van der Waals surface area contributed by atoms with Crippen LogP contribution in [0.3, 0.4) is 0 Å². The Labute approximate surface area is 178 Å². The van der Waals surface area contributed by atoms with Crippen molar-refractivity contribution in [3.63, 3.8) is 0 Å². The summed E-state index contributed by atoms with van der Waals surface area (Å²) in [5, 5.41) is 7.08. The van der Waals surface area contributed by atoms with Gasteiger partial charge in [-0.25, -0.2) is 0 Å². The molecular weight excluding hydrogens is 408 g/mol. The van der Waals surface area contributed by atoms with E-state index in [1.54, 1.807) is 30.3 Å². The van der Waals surface area contributed by atoms with Gasteiger partial charge in [0.05, 0.1) is 0 Å². The highest BCUT2D eigenvalue weighted by Gasteiger charge is 2.09. The number of anilines is 1. The molecule has 1 aromatic carbocycles. The Bertz CT molecular complexity index is 891. The Balaban J connectivity index is 1.77. The number of benzene rings is 1. The largest absolute Gasteiger partial charge is 0.326 e. The Morgan fingerprint density at radius 1 is 1.10 bits per heavy atom. The third kappa shape index (κ3) is 8.24. The zero-order chi connectivity index (χ0) is 21.2. The second kappa shape index (κ2) is 11.1. The van der Waals surface area contributed by atoms with Crippen molar-refractivity contribution in [3.05, 3.63) is 58.3 Å². The van der Waals surface area contributed by atoms with Crippen LogP contribution in [0.15, 0.2) is 47.9 Å². The third-order valence-electron chi connectivity index (χ3n) is 3.49. The molecule has 0 bridgehead atoms. The molecule has 0 aliphatic carbocycles. The molecule has 0 atom stereocenters. The lowest BCUT2D eigenvalue weighted by molar-refractivity contribution is -0.117. The van der Waals surface area contributed by atoms with Gasteiger partial charge in [-0.15, -0.1) is 11.3 Å². The number of carbonyl (C=O) groups is 3. The lowest BCUT2D eigenvalue weighted by Crippen LogP contribution is -2.48. The molecule has 0 aliphatic heterocycles. The summed E-state index contributed by atoms with van der Waals surface area (Å²) in [6, 6.07) is 10.2. The Morgan fingerprint density at radius 3 is 2.45 bits per heavy atom. The van der Waals surface area contributed by atoms with E-state index in [-0.39, 0.29) is 16.9 Å². The molecule has 0 saturated carbocycles. The summed E-state index contributed by atoms with van der Waals surface area (Å²) in [6.45, 7) is 3.93. The average Bonchev–Trinajstić information content (AvgIpc) is 3.18. The quantitative estimate of drug-likeness (QED) is 0.321. The van der Waals surface area contributed by atoms with Gasteiger partial charge >= 0.3 is 0 Å². The van der Waals surface area contributed by atoms with Gasteiger partial charge in [-0.2, -0.15) is 0 Å². The molecule has 2 rings (SSSR count). The van der Waals surface area contributed by atoms with Gasteiger partial charge in [-0.05, 0) is 59.9 Å². The Hall–Kier alpha value is -3.04. The summed E-state index contributed by atoms with van der Waals surface area (Å²) >= 11 is 6.49. The second-order valence-corrected chi connectivity index (χ2v) is 7.86. The number of rotatable bonds is 6. The highest BCUT2D eigenvalue weighted by molar-refractivity contribution is 7.80. The van der Waals surface area contributed by atoms with Crippen molar-refractivity contribution < 1.29 is 14.4 Å². The van der Waals surface area contributed by atoms with E-state index in [9.17, 15) is 14.4 Å². The summed E-state index contributed by atoms with van der Waals surface area (Å²) in [5.74, 6) is -0.655. The first-order chi connectivity index (χ1) is 13.8. The molecule has 0 fully saturated rings. The van der Waals surface area contributed by atoms with E-state index in [0.717, 1.165) is 4.88 Å². The number of hydrazine groups is 1. The SMILES string of the molecule is CC(C)CC(=O)Nc1ccc(C(=O)NNC(=S)NC(=O)/C=C/c2cccs2)cc1. The normalized spacial score (nSPS) is 10.6. The van der Waals surface area contributed by atoms with E-state index in [1.165, 1.54) is 17.4 Å². The maximum Gasteiger partial charge on any atom is 0.269 e. The van der Waals surface area contributed by atoms with Crippen LogP contribution in [0.4, 0.5) is 5.69 Å². The van der Waals surface area contributed by atoms with Gasteiger partial charge in [0, 0.05) is 28.6 Å². The molecule has 1 heterocycles. The maximum absolute atomic E-state index is 12.1. The second-order valence-electron chi connectivity index (χ2n) is 6.47. The third-order valence-corrected chi connectivity index (χ3v) is 4.53. The van der Waals surface area contributed by atoms with Crippen molar-refractivity contribution in [2.24, 2.45) is 5.92 Å². The molecule has 3 amide bonds. The fraction of sp³-hybridized carbons (Fsp3) is 0.200. The highest BCUT2D eigenvalue weighted by atomic mass is 32.1. The fourth-order valence-corrected chi connectivity index (χ4v) is 2.97. The lowest BCUT2D eigenvalue weighted by Gasteiger charge is -2.10. The number of amides is 3. The monoisotopic (exact) mass is 430 g/mol. The van der Waals surface area contributed by atoms with Crippen LogP contribution in [-0.2, 0) is 9.59 Å². The van der Waals surface area contributed by atoms with E-state index in [2.05, 4.69) is 21.5 Å². The van der Waals surface area contributed by atoms with Gasteiger partial charge in [0.1, 0.15) is 0 Å². The molecule has 7 nitrogen and oxygen atoms in total. The molecule has 0 unspecified atom stereocenters. The van der Waals surface area contributed by atoms with Gasteiger partial charge in [-0.3, -0.25) is 30.6 Å². The van der Waals surface area contributed by atoms with Gasteiger partial charge < -0.3 is 5.32 Å². The van der Waals surface area contributed by atoms with Crippen LogP contribution in [-0.4, -0.2) is 22.8 Å². The molecule has 152 valence electrons. The summed E-state index contributed by atoms with van der Waals surface area (Å²) in [5.41, 5.74) is 5.86. The molecule has 29 heavy (non-hydrogen) atoms. The molecule has 0 saturated heterocycles.